The number of ether oxygens (including phenoxy) is 2. The van der Waals surface area contributed by atoms with Crippen molar-refractivity contribution in [1.82, 2.24) is 9.88 Å². The van der Waals surface area contributed by atoms with Crippen molar-refractivity contribution in [3.8, 4) is 11.5 Å². The summed E-state index contributed by atoms with van der Waals surface area (Å²) in [4.78, 5) is 21.3. The van der Waals surface area contributed by atoms with Crippen molar-refractivity contribution in [2.24, 2.45) is 0 Å². The first-order chi connectivity index (χ1) is 13.4. The number of hydrogen-bond donors (Lipinski definition) is 0. The van der Waals surface area contributed by atoms with Crippen LogP contribution in [0.15, 0.2) is 36.5 Å². The summed E-state index contributed by atoms with van der Waals surface area (Å²) in [6.07, 6.45) is 2.51. The molecule has 0 spiro atoms. The highest BCUT2D eigenvalue weighted by Crippen LogP contribution is 2.41. The van der Waals surface area contributed by atoms with Gasteiger partial charge in [-0.25, -0.2) is 4.98 Å². The predicted molar refractivity (Wildman–Crippen MR) is 108 cm³/mol. The summed E-state index contributed by atoms with van der Waals surface area (Å²) in [5.74, 6) is 2.30. The van der Waals surface area contributed by atoms with Crippen LogP contribution in [0.5, 0.6) is 11.5 Å². The van der Waals surface area contributed by atoms with E-state index in [1.807, 2.05) is 48.2 Å². The average molecular weight is 381 g/mol. The van der Waals surface area contributed by atoms with Crippen LogP contribution in [-0.2, 0) is 5.41 Å². The number of nitrogens with zero attached hydrogens (tertiary/aromatic N) is 3. The van der Waals surface area contributed by atoms with Gasteiger partial charge in [-0.2, -0.15) is 0 Å². The fourth-order valence-corrected chi connectivity index (χ4v) is 3.89. The van der Waals surface area contributed by atoms with Gasteiger partial charge in [-0.15, -0.1) is 0 Å². The Morgan fingerprint density at radius 3 is 2.89 bits per heavy atom. The van der Waals surface area contributed by atoms with Crippen LogP contribution >= 0.6 is 0 Å². The van der Waals surface area contributed by atoms with E-state index in [0.29, 0.717) is 25.3 Å². The van der Waals surface area contributed by atoms with Crippen LogP contribution in [0.1, 0.15) is 36.2 Å². The minimum atomic E-state index is -0.0643. The first kappa shape index (κ1) is 18.6. The molecule has 4 rings (SSSR count). The van der Waals surface area contributed by atoms with E-state index in [1.54, 1.807) is 6.20 Å². The van der Waals surface area contributed by atoms with Crippen molar-refractivity contribution in [2.45, 2.75) is 31.8 Å². The van der Waals surface area contributed by atoms with Crippen LogP contribution in [0.3, 0.4) is 0 Å². The van der Waals surface area contributed by atoms with Gasteiger partial charge in [0.2, 0.25) is 0 Å². The predicted octanol–water partition coefficient (Wildman–Crippen LogP) is 3.11. The Labute approximate surface area is 166 Å². The van der Waals surface area contributed by atoms with Gasteiger partial charge in [-0.3, -0.25) is 4.79 Å². The number of likely N-dealkylation sites (tertiary alicyclic amines) is 1. The molecule has 1 atom stereocenters. The molecule has 1 aromatic heterocycles. The van der Waals surface area contributed by atoms with Crippen LogP contribution in [-0.4, -0.2) is 55.7 Å². The van der Waals surface area contributed by atoms with Crippen molar-refractivity contribution >= 4 is 11.7 Å². The first-order valence-electron chi connectivity index (χ1n) is 9.71. The molecule has 2 aliphatic heterocycles. The summed E-state index contributed by atoms with van der Waals surface area (Å²) in [6, 6.07) is 9.66. The molecule has 0 saturated carbocycles. The van der Waals surface area contributed by atoms with Crippen LogP contribution in [0, 0.1) is 0 Å². The lowest BCUT2D eigenvalue weighted by molar-refractivity contribution is 0.0768. The van der Waals surface area contributed by atoms with Gasteiger partial charge < -0.3 is 19.3 Å². The Morgan fingerprint density at radius 2 is 2.11 bits per heavy atom. The summed E-state index contributed by atoms with van der Waals surface area (Å²) in [5, 5.41) is 0. The summed E-state index contributed by atoms with van der Waals surface area (Å²) >= 11 is 0. The number of hydrogen-bond acceptors (Lipinski definition) is 5. The number of rotatable bonds is 4. The van der Waals surface area contributed by atoms with Gasteiger partial charge in [0.25, 0.3) is 5.91 Å². The number of pyridine rings is 1. The molecule has 6 heteroatoms. The van der Waals surface area contributed by atoms with Gasteiger partial charge in [0, 0.05) is 44.2 Å². The van der Waals surface area contributed by atoms with E-state index in [1.165, 1.54) is 0 Å². The third-order valence-electron chi connectivity index (χ3n) is 5.45. The van der Waals surface area contributed by atoms with Crippen LogP contribution in [0.2, 0.25) is 0 Å². The molecular weight excluding hydrogens is 354 g/mol. The van der Waals surface area contributed by atoms with Crippen LogP contribution < -0.4 is 14.4 Å². The van der Waals surface area contributed by atoms with E-state index < -0.39 is 0 Å². The molecule has 2 aliphatic rings. The molecule has 1 saturated heterocycles. The molecule has 148 valence electrons. The van der Waals surface area contributed by atoms with Gasteiger partial charge >= 0.3 is 0 Å². The minimum Gasteiger partial charge on any atom is -0.492 e. The monoisotopic (exact) mass is 381 g/mol. The second-order valence-electron chi connectivity index (χ2n) is 8.35. The quantitative estimate of drug-likeness (QED) is 0.815. The molecule has 0 aliphatic carbocycles. The number of amides is 1. The number of anilines is 1. The van der Waals surface area contributed by atoms with E-state index in [9.17, 15) is 4.79 Å². The van der Waals surface area contributed by atoms with Gasteiger partial charge in [0.15, 0.2) is 11.6 Å². The molecular formula is C22H27N3O3. The van der Waals surface area contributed by atoms with Crippen LogP contribution in [0.25, 0.3) is 0 Å². The fraction of sp³-hybridized carbons (Fsp3) is 0.455. The standard InChI is InChI=1S/C22H27N3O3/c1-22(2)14-27-19-16(7-5-8-17(19)22)21(26)25-12-10-15(13-25)28-18-9-6-11-23-20(18)24(3)4/h5-9,11,15H,10,12-14H2,1-4H3. The van der Waals surface area contributed by atoms with Crippen molar-refractivity contribution in [2.75, 3.05) is 38.7 Å². The molecule has 3 heterocycles. The average Bonchev–Trinajstić information content (AvgIpc) is 3.26. The zero-order chi connectivity index (χ0) is 19.9. The van der Waals surface area contributed by atoms with Crippen molar-refractivity contribution < 1.29 is 14.3 Å². The van der Waals surface area contributed by atoms with Crippen LogP contribution in [0.4, 0.5) is 5.82 Å². The Bertz CT molecular complexity index is 894. The van der Waals surface area contributed by atoms with Gasteiger partial charge in [-0.05, 0) is 18.2 Å². The van der Waals surface area contributed by atoms with E-state index in [2.05, 4.69) is 24.9 Å². The molecule has 1 amide bonds. The SMILES string of the molecule is CN(C)c1ncccc1OC1CCN(C(=O)c2cccc3c2OCC3(C)C)C1. The molecule has 0 radical (unpaired) electrons. The van der Waals surface area contributed by atoms with Gasteiger partial charge in [0.1, 0.15) is 11.9 Å². The lowest BCUT2D eigenvalue weighted by Crippen LogP contribution is -2.31. The first-order valence-corrected chi connectivity index (χ1v) is 9.71. The molecule has 1 unspecified atom stereocenters. The maximum atomic E-state index is 13.2. The summed E-state index contributed by atoms with van der Waals surface area (Å²) < 4.78 is 12.1. The Morgan fingerprint density at radius 1 is 1.29 bits per heavy atom. The van der Waals surface area contributed by atoms with Crippen molar-refractivity contribution in [3.63, 3.8) is 0 Å². The minimum absolute atomic E-state index is 0.0136. The maximum absolute atomic E-state index is 13.2. The third-order valence-corrected chi connectivity index (χ3v) is 5.45. The number of aromatic nitrogens is 1. The van der Waals surface area contributed by atoms with Gasteiger partial charge in [-0.1, -0.05) is 26.0 Å². The molecule has 0 bridgehead atoms. The normalized spacial score (nSPS) is 19.9. The molecule has 2 aromatic rings. The summed E-state index contributed by atoms with van der Waals surface area (Å²) in [7, 11) is 3.88. The molecule has 1 fully saturated rings. The Hall–Kier alpha value is -2.76. The number of fused-ring (bicyclic) bond motifs is 1. The van der Waals surface area contributed by atoms with E-state index in [4.69, 9.17) is 9.47 Å². The second kappa shape index (κ2) is 7.00. The third kappa shape index (κ3) is 3.28. The Kier molecular flexibility index (Phi) is 4.65. The second-order valence-corrected chi connectivity index (χ2v) is 8.35. The smallest absolute Gasteiger partial charge is 0.257 e. The lowest BCUT2D eigenvalue weighted by atomic mass is 9.86. The highest BCUT2D eigenvalue weighted by Gasteiger charge is 2.37. The number of carbonyl (C=O) groups excluding carboxylic acids is 1. The zero-order valence-corrected chi connectivity index (χ0v) is 16.9. The number of carbonyl (C=O) groups is 1. The molecule has 6 nitrogen and oxygen atoms in total. The highest BCUT2D eigenvalue weighted by molar-refractivity contribution is 5.98. The zero-order valence-electron chi connectivity index (χ0n) is 16.9. The number of para-hydroxylation sites is 1. The highest BCUT2D eigenvalue weighted by atomic mass is 16.5. The lowest BCUT2D eigenvalue weighted by Gasteiger charge is -2.21. The van der Waals surface area contributed by atoms with Gasteiger partial charge in [0.05, 0.1) is 18.7 Å². The summed E-state index contributed by atoms with van der Waals surface area (Å²) in [6.45, 7) is 6.13. The Balaban J connectivity index is 1.49. The van der Waals surface area contributed by atoms with E-state index in [-0.39, 0.29) is 17.4 Å². The van der Waals surface area contributed by atoms with Crippen molar-refractivity contribution in [3.05, 3.63) is 47.7 Å². The maximum Gasteiger partial charge on any atom is 0.257 e. The largest absolute Gasteiger partial charge is 0.492 e. The van der Waals surface area contributed by atoms with E-state index in [0.717, 1.165) is 29.3 Å². The van der Waals surface area contributed by atoms with E-state index >= 15 is 0 Å². The summed E-state index contributed by atoms with van der Waals surface area (Å²) in [5.41, 5.74) is 1.70. The molecule has 28 heavy (non-hydrogen) atoms. The molecule has 1 aromatic carbocycles. The molecule has 0 N–H and O–H groups in total. The fourth-order valence-electron chi connectivity index (χ4n) is 3.89. The number of benzene rings is 1. The topological polar surface area (TPSA) is 54.9 Å². The van der Waals surface area contributed by atoms with Crippen molar-refractivity contribution in [1.29, 1.82) is 0 Å².